The number of nitrogen functional groups attached to an aromatic ring is 1. The van der Waals surface area contributed by atoms with E-state index >= 15 is 0 Å². The Kier molecular flexibility index (Phi) is 2.56. The predicted molar refractivity (Wildman–Crippen MR) is 69.2 cm³/mol. The fraction of sp³-hybridized carbons (Fsp3) is 0.308. The Morgan fingerprint density at radius 3 is 2.71 bits per heavy atom. The number of halogens is 1. The Balaban J connectivity index is 1.88. The zero-order chi connectivity index (χ0) is 11.8. The standard InChI is InChI=1S/C13H14ClN3/c14-10-6-4-9(5-7-10)8-17-13(15)11-2-1-3-12(11)16-17/h4-7H,1-3,8,15H2. The largest absolute Gasteiger partial charge is 0.384 e. The molecule has 0 unspecified atom stereocenters. The molecule has 17 heavy (non-hydrogen) atoms. The predicted octanol–water partition coefficient (Wildman–Crippen LogP) is 2.66. The monoisotopic (exact) mass is 247 g/mol. The van der Waals surface area contributed by atoms with Gasteiger partial charge >= 0.3 is 0 Å². The van der Waals surface area contributed by atoms with Gasteiger partial charge in [0.05, 0.1) is 12.2 Å². The second kappa shape index (κ2) is 4.08. The van der Waals surface area contributed by atoms with Crippen LogP contribution in [0.25, 0.3) is 0 Å². The Bertz CT molecular complexity index is 543. The minimum absolute atomic E-state index is 0.718. The van der Waals surface area contributed by atoms with Crippen molar-refractivity contribution in [2.45, 2.75) is 25.8 Å². The molecule has 2 aromatic rings. The highest BCUT2D eigenvalue weighted by atomic mass is 35.5. The second-order valence-corrected chi connectivity index (χ2v) is 4.88. The molecule has 0 atom stereocenters. The maximum absolute atomic E-state index is 6.11. The van der Waals surface area contributed by atoms with Gasteiger partial charge in [-0.1, -0.05) is 23.7 Å². The van der Waals surface area contributed by atoms with Gasteiger partial charge in [0, 0.05) is 10.6 Å². The summed E-state index contributed by atoms with van der Waals surface area (Å²) in [5.74, 6) is 0.826. The number of aryl methyl sites for hydroxylation is 1. The van der Waals surface area contributed by atoms with Crippen molar-refractivity contribution < 1.29 is 0 Å². The molecule has 88 valence electrons. The van der Waals surface area contributed by atoms with E-state index in [9.17, 15) is 0 Å². The number of rotatable bonds is 2. The highest BCUT2D eigenvalue weighted by Crippen LogP contribution is 2.27. The lowest BCUT2D eigenvalue weighted by molar-refractivity contribution is 0.673. The lowest BCUT2D eigenvalue weighted by Crippen LogP contribution is -2.07. The number of benzene rings is 1. The number of fused-ring (bicyclic) bond motifs is 1. The molecule has 1 aromatic carbocycles. The average Bonchev–Trinajstić information content (AvgIpc) is 2.87. The molecule has 0 radical (unpaired) electrons. The molecule has 0 saturated heterocycles. The first kappa shape index (κ1) is 10.7. The van der Waals surface area contributed by atoms with E-state index in [1.807, 2.05) is 28.9 Å². The molecule has 0 amide bonds. The van der Waals surface area contributed by atoms with Gasteiger partial charge in [0.15, 0.2) is 0 Å². The molecule has 2 N–H and O–H groups in total. The van der Waals surface area contributed by atoms with Crippen molar-refractivity contribution in [1.29, 1.82) is 0 Å². The fourth-order valence-corrected chi connectivity index (χ4v) is 2.48. The van der Waals surface area contributed by atoms with Crippen LogP contribution in [0.2, 0.25) is 5.02 Å². The lowest BCUT2D eigenvalue weighted by atomic mass is 10.2. The molecular formula is C13H14ClN3. The summed E-state index contributed by atoms with van der Waals surface area (Å²) in [6.45, 7) is 0.718. The van der Waals surface area contributed by atoms with Crippen molar-refractivity contribution in [3.05, 3.63) is 46.1 Å². The molecule has 0 fully saturated rings. The van der Waals surface area contributed by atoms with E-state index in [1.54, 1.807) is 0 Å². The molecule has 3 nitrogen and oxygen atoms in total. The van der Waals surface area contributed by atoms with Crippen LogP contribution in [0, 0.1) is 0 Å². The Morgan fingerprint density at radius 1 is 1.24 bits per heavy atom. The minimum Gasteiger partial charge on any atom is -0.384 e. The third-order valence-electron chi connectivity index (χ3n) is 3.26. The maximum Gasteiger partial charge on any atom is 0.125 e. The molecule has 3 rings (SSSR count). The SMILES string of the molecule is Nc1c2c(nn1Cc1ccc(Cl)cc1)CCC2. The molecular weight excluding hydrogens is 234 g/mol. The zero-order valence-corrected chi connectivity index (χ0v) is 10.2. The number of anilines is 1. The third kappa shape index (κ3) is 1.91. The first-order valence-electron chi connectivity index (χ1n) is 5.82. The quantitative estimate of drug-likeness (QED) is 0.887. The summed E-state index contributed by atoms with van der Waals surface area (Å²) in [6, 6.07) is 7.80. The van der Waals surface area contributed by atoms with Crippen LogP contribution in [0.5, 0.6) is 0 Å². The Morgan fingerprint density at radius 2 is 2.00 bits per heavy atom. The van der Waals surface area contributed by atoms with E-state index < -0.39 is 0 Å². The number of hydrogen-bond acceptors (Lipinski definition) is 2. The summed E-state index contributed by atoms with van der Waals surface area (Å²) >= 11 is 5.86. The van der Waals surface area contributed by atoms with Crippen molar-refractivity contribution in [2.75, 3.05) is 5.73 Å². The van der Waals surface area contributed by atoms with Crippen molar-refractivity contribution in [3.63, 3.8) is 0 Å². The van der Waals surface area contributed by atoms with Crippen LogP contribution in [-0.4, -0.2) is 9.78 Å². The topological polar surface area (TPSA) is 43.8 Å². The molecule has 0 spiro atoms. The molecule has 1 heterocycles. The molecule has 0 saturated carbocycles. The van der Waals surface area contributed by atoms with Gasteiger partial charge in [-0.25, -0.2) is 4.68 Å². The van der Waals surface area contributed by atoms with E-state index in [4.69, 9.17) is 17.3 Å². The summed E-state index contributed by atoms with van der Waals surface area (Å²) in [7, 11) is 0. The first-order valence-corrected chi connectivity index (χ1v) is 6.20. The highest BCUT2D eigenvalue weighted by Gasteiger charge is 2.20. The zero-order valence-electron chi connectivity index (χ0n) is 9.49. The van der Waals surface area contributed by atoms with Gasteiger partial charge in [0.2, 0.25) is 0 Å². The second-order valence-electron chi connectivity index (χ2n) is 4.45. The van der Waals surface area contributed by atoms with Crippen LogP contribution in [0.1, 0.15) is 23.2 Å². The van der Waals surface area contributed by atoms with E-state index in [2.05, 4.69) is 5.10 Å². The van der Waals surface area contributed by atoms with Crippen LogP contribution >= 0.6 is 11.6 Å². The Labute approximate surface area is 105 Å². The van der Waals surface area contributed by atoms with Gasteiger partial charge in [-0.15, -0.1) is 0 Å². The number of nitrogens with two attached hydrogens (primary N) is 1. The van der Waals surface area contributed by atoms with Gasteiger partial charge in [-0.2, -0.15) is 5.10 Å². The van der Waals surface area contributed by atoms with Gasteiger partial charge in [-0.3, -0.25) is 0 Å². The van der Waals surface area contributed by atoms with Crippen LogP contribution < -0.4 is 5.73 Å². The summed E-state index contributed by atoms with van der Waals surface area (Å²) in [4.78, 5) is 0. The fourth-order valence-electron chi connectivity index (χ4n) is 2.35. The van der Waals surface area contributed by atoms with Gasteiger partial charge < -0.3 is 5.73 Å². The summed E-state index contributed by atoms with van der Waals surface area (Å²) in [5.41, 5.74) is 9.70. The molecule has 0 bridgehead atoms. The number of aromatic nitrogens is 2. The van der Waals surface area contributed by atoms with Crippen LogP contribution in [0.3, 0.4) is 0 Å². The van der Waals surface area contributed by atoms with E-state index in [0.29, 0.717) is 0 Å². The van der Waals surface area contributed by atoms with Crippen LogP contribution in [-0.2, 0) is 19.4 Å². The van der Waals surface area contributed by atoms with Crippen molar-refractivity contribution in [3.8, 4) is 0 Å². The minimum atomic E-state index is 0.718. The van der Waals surface area contributed by atoms with Gasteiger partial charge in [0.1, 0.15) is 5.82 Å². The van der Waals surface area contributed by atoms with Crippen LogP contribution in [0.15, 0.2) is 24.3 Å². The van der Waals surface area contributed by atoms with Crippen molar-refractivity contribution >= 4 is 17.4 Å². The maximum atomic E-state index is 6.11. The lowest BCUT2D eigenvalue weighted by Gasteiger charge is -2.05. The molecule has 4 heteroatoms. The van der Waals surface area contributed by atoms with Crippen molar-refractivity contribution in [2.24, 2.45) is 0 Å². The summed E-state index contributed by atoms with van der Waals surface area (Å²) < 4.78 is 1.90. The van der Waals surface area contributed by atoms with Crippen molar-refractivity contribution in [1.82, 2.24) is 9.78 Å². The summed E-state index contributed by atoms with van der Waals surface area (Å²) in [5, 5.41) is 5.32. The Hall–Kier alpha value is -1.48. The third-order valence-corrected chi connectivity index (χ3v) is 3.51. The van der Waals surface area contributed by atoms with E-state index in [1.165, 1.54) is 23.2 Å². The molecule has 1 aliphatic carbocycles. The smallest absolute Gasteiger partial charge is 0.125 e. The van der Waals surface area contributed by atoms with Gasteiger partial charge in [-0.05, 0) is 37.0 Å². The van der Waals surface area contributed by atoms with Crippen LogP contribution in [0.4, 0.5) is 5.82 Å². The molecule has 0 aliphatic heterocycles. The first-order chi connectivity index (χ1) is 8.24. The summed E-state index contributed by atoms with van der Waals surface area (Å²) in [6.07, 6.45) is 3.32. The van der Waals surface area contributed by atoms with E-state index in [0.717, 1.165) is 30.2 Å². The average molecular weight is 248 g/mol. The molecule has 1 aromatic heterocycles. The highest BCUT2D eigenvalue weighted by molar-refractivity contribution is 6.30. The number of hydrogen-bond donors (Lipinski definition) is 1. The normalized spacial score (nSPS) is 13.9. The molecule has 1 aliphatic rings. The van der Waals surface area contributed by atoms with Gasteiger partial charge in [0.25, 0.3) is 0 Å². The van der Waals surface area contributed by atoms with E-state index in [-0.39, 0.29) is 0 Å². The number of nitrogens with zero attached hydrogens (tertiary/aromatic N) is 2.